The molecule has 0 saturated heterocycles. The molecule has 19 heavy (non-hydrogen) atoms. The van der Waals surface area contributed by atoms with Crippen molar-refractivity contribution in [2.24, 2.45) is 0 Å². The highest BCUT2D eigenvalue weighted by Crippen LogP contribution is 2.18. The summed E-state index contributed by atoms with van der Waals surface area (Å²) < 4.78 is 0. The largest absolute Gasteiger partial charge is 0.103 e. The van der Waals surface area contributed by atoms with Crippen LogP contribution in [0.25, 0.3) is 0 Å². The summed E-state index contributed by atoms with van der Waals surface area (Å²) in [7, 11) is -1.06. The van der Waals surface area contributed by atoms with Crippen molar-refractivity contribution < 1.29 is 0 Å². The minimum absolute atomic E-state index is 1.06. The van der Waals surface area contributed by atoms with Gasteiger partial charge in [0, 0.05) is 0 Å². The van der Waals surface area contributed by atoms with Crippen molar-refractivity contribution in [3.8, 4) is 0 Å². The molecule has 112 valence electrons. The van der Waals surface area contributed by atoms with Crippen LogP contribution in [0, 0.1) is 0 Å². The second kappa shape index (κ2) is 11.5. The van der Waals surface area contributed by atoms with Gasteiger partial charge in [0.25, 0.3) is 0 Å². The van der Waals surface area contributed by atoms with E-state index in [9.17, 15) is 0 Å². The zero-order chi connectivity index (χ0) is 14.6. The molecule has 0 heterocycles. The molecule has 0 fully saturated rings. The third-order valence-electron chi connectivity index (χ3n) is 3.40. The first-order valence-electron chi connectivity index (χ1n) is 8.31. The van der Waals surface area contributed by atoms with Crippen LogP contribution in [0.1, 0.15) is 71.1 Å². The van der Waals surface area contributed by atoms with E-state index in [1.807, 2.05) is 0 Å². The minimum Gasteiger partial charge on any atom is -0.103 e. The highest BCUT2D eigenvalue weighted by molar-refractivity contribution is 6.81. The van der Waals surface area contributed by atoms with Crippen LogP contribution in [0.15, 0.2) is 23.9 Å². The van der Waals surface area contributed by atoms with E-state index in [1.165, 1.54) is 57.8 Å². The van der Waals surface area contributed by atoms with Gasteiger partial charge < -0.3 is 0 Å². The van der Waals surface area contributed by atoms with Crippen LogP contribution in [0.5, 0.6) is 0 Å². The summed E-state index contributed by atoms with van der Waals surface area (Å²) in [6.45, 7) is 13.4. The van der Waals surface area contributed by atoms with E-state index in [1.54, 1.807) is 5.57 Å². The topological polar surface area (TPSA) is 0 Å². The molecule has 0 radical (unpaired) electrons. The van der Waals surface area contributed by atoms with Gasteiger partial charge in [0.1, 0.15) is 0 Å². The maximum Gasteiger partial charge on any atom is 0.0686 e. The van der Waals surface area contributed by atoms with E-state index in [0.29, 0.717) is 0 Å². The molecule has 0 aliphatic heterocycles. The van der Waals surface area contributed by atoms with E-state index in [2.05, 4.69) is 44.9 Å². The first-order valence-corrected chi connectivity index (χ1v) is 11.9. The van der Waals surface area contributed by atoms with Crippen molar-refractivity contribution in [2.45, 2.75) is 90.8 Å². The molecule has 0 rings (SSSR count). The zero-order valence-electron chi connectivity index (χ0n) is 13.9. The molecule has 0 amide bonds. The summed E-state index contributed by atoms with van der Waals surface area (Å²) in [4.78, 5) is 0. The predicted molar refractivity (Wildman–Crippen MR) is 93.5 cm³/mol. The average molecular weight is 281 g/mol. The highest BCUT2D eigenvalue weighted by Gasteiger charge is 2.10. The summed E-state index contributed by atoms with van der Waals surface area (Å²) in [5, 5.41) is 0. The molecule has 0 nitrogen and oxygen atoms in total. The van der Waals surface area contributed by atoms with Crippen molar-refractivity contribution in [3.63, 3.8) is 0 Å². The maximum atomic E-state index is 3.89. The average Bonchev–Trinajstić information content (AvgIpc) is 2.31. The Morgan fingerprint density at radius 2 is 1.42 bits per heavy atom. The molecule has 0 aromatic carbocycles. The van der Waals surface area contributed by atoms with Gasteiger partial charge in [-0.05, 0) is 19.3 Å². The number of allylic oxidation sites excluding steroid dienone is 2. The van der Waals surface area contributed by atoms with Crippen molar-refractivity contribution in [2.75, 3.05) is 0 Å². The lowest BCUT2D eigenvalue weighted by Crippen LogP contribution is -2.16. The van der Waals surface area contributed by atoms with Crippen LogP contribution in [0.2, 0.25) is 19.6 Å². The van der Waals surface area contributed by atoms with E-state index in [0.717, 1.165) is 6.42 Å². The zero-order valence-corrected chi connectivity index (χ0v) is 14.9. The van der Waals surface area contributed by atoms with Gasteiger partial charge in [0.05, 0.1) is 8.07 Å². The Bertz CT molecular complexity index is 245. The van der Waals surface area contributed by atoms with E-state index in [4.69, 9.17) is 0 Å². The van der Waals surface area contributed by atoms with E-state index >= 15 is 0 Å². The Kier molecular flexibility index (Phi) is 11.3. The predicted octanol–water partition coefficient (Wildman–Crippen LogP) is 6.90. The molecule has 0 N–H and O–H groups in total. The molecule has 0 spiro atoms. The lowest BCUT2D eigenvalue weighted by atomic mass is 10.0. The third-order valence-corrected chi connectivity index (χ3v) is 4.67. The molecule has 0 aromatic rings. The summed E-state index contributed by atoms with van der Waals surface area (Å²) in [6.07, 6.45) is 15.8. The first-order chi connectivity index (χ1) is 8.99. The molecule has 0 aliphatic carbocycles. The quantitative estimate of drug-likeness (QED) is 0.207. The highest BCUT2D eigenvalue weighted by atomic mass is 28.3. The molecule has 1 heteroatoms. The number of unbranched alkanes of at least 4 members (excludes halogenated alkanes) is 7. The van der Waals surface area contributed by atoms with Crippen LogP contribution in [0.3, 0.4) is 0 Å². The number of rotatable bonds is 12. The van der Waals surface area contributed by atoms with Gasteiger partial charge >= 0.3 is 0 Å². The molecule has 0 aromatic heterocycles. The number of hydrogen-bond acceptors (Lipinski definition) is 0. The van der Waals surface area contributed by atoms with Crippen LogP contribution in [-0.4, -0.2) is 8.07 Å². The number of hydrogen-bond donors (Lipinski definition) is 0. The Morgan fingerprint density at radius 1 is 0.895 bits per heavy atom. The van der Waals surface area contributed by atoms with Crippen molar-refractivity contribution in [1.82, 2.24) is 0 Å². The lowest BCUT2D eigenvalue weighted by molar-refractivity contribution is 0.574. The first kappa shape index (κ1) is 18.7. The van der Waals surface area contributed by atoms with E-state index < -0.39 is 8.07 Å². The van der Waals surface area contributed by atoms with Gasteiger partial charge in [-0.25, -0.2) is 0 Å². The summed E-state index contributed by atoms with van der Waals surface area (Å²) in [5.74, 6) is 0. The molecule has 0 saturated carbocycles. The molecule has 0 atom stereocenters. The van der Waals surface area contributed by atoms with Gasteiger partial charge in [-0.1, -0.05) is 88.9 Å². The molecule has 0 bridgehead atoms. The molecular formula is C18H36Si. The summed E-state index contributed by atoms with van der Waals surface area (Å²) in [6, 6.07) is 0. The van der Waals surface area contributed by atoms with Gasteiger partial charge in [0.2, 0.25) is 0 Å². The maximum absolute atomic E-state index is 3.89. The fourth-order valence-electron chi connectivity index (χ4n) is 2.52. The molecule has 0 unspecified atom stereocenters. The van der Waals surface area contributed by atoms with Gasteiger partial charge in [-0.3, -0.25) is 0 Å². The Balaban J connectivity index is 3.71. The van der Waals surface area contributed by atoms with Crippen LogP contribution in [0.4, 0.5) is 0 Å². The third kappa shape index (κ3) is 13.9. The molecule has 0 aliphatic rings. The van der Waals surface area contributed by atoms with Gasteiger partial charge in [0.15, 0.2) is 0 Å². The van der Waals surface area contributed by atoms with Crippen molar-refractivity contribution in [3.05, 3.63) is 23.9 Å². The SMILES string of the molecule is C=CC/C(=C/[Si](C)(C)C)CCCCCCCCCC. The van der Waals surface area contributed by atoms with E-state index in [-0.39, 0.29) is 0 Å². The van der Waals surface area contributed by atoms with Gasteiger partial charge in [-0.15, -0.1) is 6.58 Å². The van der Waals surface area contributed by atoms with Crippen LogP contribution in [-0.2, 0) is 0 Å². The van der Waals surface area contributed by atoms with Crippen LogP contribution >= 0.6 is 0 Å². The van der Waals surface area contributed by atoms with Crippen LogP contribution < -0.4 is 0 Å². The standard InChI is InChI=1S/C18H36Si/c1-6-8-9-10-11-12-13-14-16-18(15-7-2)17-19(3,4)5/h7,17H,2,6,8-16H2,1,3-5H3/b18-17-. The monoisotopic (exact) mass is 280 g/mol. The van der Waals surface area contributed by atoms with Crippen molar-refractivity contribution >= 4 is 8.07 Å². The minimum atomic E-state index is -1.06. The Hall–Kier alpha value is -0.303. The second-order valence-corrected chi connectivity index (χ2v) is 11.9. The molecular weight excluding hydrogens is 244 g/mol. The smallest absolute Gasteiger partial charge is 0.0686 e. The normalized spacial score (nSPS) is 12.7. The van der Waals surface area contributed by atoms with Gasteiger partial charge in [-0.2, -0.15) is 0 Å². The summed E-state index contributed by atoms with van der Waals surface area (Å²) in [5.41, 5.74) is 4.22. The lowest BCUT2D eigenvalue weighted by Gasteiger charge is -2.14. The second-order valence-electron chi connectivity index (χ2n) is 6.89. The Labute approximate surface area is 123 Å². The summed E-state index contributed by atoms with van der Waals surface area (Å²) >= 11 is 0. The van der Waals surface area contributed by atoms with Crippen molar-refractivity contribution in [1.29, 1.82) is 0 Å². The Morgan fingerprint density at radius 3 is 1.89 bits per heavy atom. The fourth-order valence-corrected chi connectivity index (χ4v) is 4.00. The fraction of sp³-hybridized carbons (Fsp3) is 0.778.